The molecule has 1 aliphatic rings. The maximum Gasteiger partial charge on any atom is 0.262 e. The van der Waals surface area contributed by atoms with Crippen molar-refractivity contribution in [1.29, 1.82) is 0 Å². The van der Waals surface area contributed by atoms with E-state index in [-0.39, 0.29) is 22.7 Å². The molecule has 0 bridgehead atoms. The van der Waals surface area contributed by atoms with Gasteiger partial charge < -0.3 is 9.88 Å². The number of sulfonamides is 1. The molecular weight excluding hydrogens is 427 g/mol. The molecule has 0 spiro atoms. The monoisotopic (exact) mass is 448 g/mol. The second kappa shape index (κ2) is 8.37. The molecular formula is C21H22ClFN4O2S. The summed E-state index contributed by atoms with van der Waals surface area (Å²) in [5.74, 6) is -0.396. The van der Waals surface area contributed by atoms with E-state index in [1.54, 1.807) is 29.8 Å². The van der Waals surface area contributed by atoms with Crippen molar-refractivity contribution in [2.24, 2.45) is 13.0 Å². The lowest BCUT2D eigenvalue weighted by Crippen LogP contribution is -2.30. The summed E-state index contributed by atoms with van der Waals surface area (Å²) in [7, 11) is -1.98. The SMILES string of the molecule is Cn1cnc(S(=O)(=O)N2CC(CNc3cccc(Cl)c3)C(c3ccc(F)cc3)C2)c1. The smallest absolute Gasteiger partial charge is 0.262 e. The van der Waals surface area contributed by atoms with Crippen LogP contribution in [0.5, 0.6) is 0 Å². The van der Waals surface area contributed by atoms with Crippen LogP contribution >= 0.6 is 11.6 Å². The number of halogens is 2. The highest BCUT2D eigenvalue weighted by molar-refractivity contribution is 7.89. The third kappa shape index (κ3) is 4.35. The van der Waals surface area contributed by atoms with Crippen molar-refractivity contribution >= 4 is 27.3 Å². The summed E-state index contributed by atoms with van der Waals surface area (Å²) in [5, 5.41) is 4.01. The minimum Gasteiger partial charge on any atom is -0.385 e. The molecule has 1 aliphatic heterocycles. The Balaban J connectivity index is 1.59. The van der Waals surface area contributed by atoms with Gasteiger partial charge in [0.2, 0.25) is 0 Å². The number of rotatable bonds is 6. The Morgan fingerprint density at radius 1 is 1.20 bits per heavy atom. The van der Waals surface area contributed by atoms with Crippen molar-refractivity contribution in [3.8, 4) is 0 Å². The van der Waals surface area contributed by atoms with Gasteiger partial charge in [0.15, 0.2) is 5.03 Å². The molecule has 2 unspecified atom stereocenters. The molecule has 0 amide bonds. The van der Waals surface area contributed by atoms with E-state index >= 15 is 0 Å². The zero-order chi connectivity index (χ0) is 21.3. The van der Waals surface area contributed by atoms with Crippen LogP contribution in [0.4, 0.5) is 10.1 Å². The van der Waals surface area contributed by atoms with Crippen LogP contribution in [0.15, 0.2) is 66.1 Å². The summed E-state index contributed by atoms with van der Waals surface area (Å²) in [4.78, 5) is 4.02. The van der Waals surface area contributed by atoms with E-state index in [1.165, 1.54) is 29.0 Å². The number of aromatic nitrogens is 2. The first-order valence-corrected chi connectivity index (χ1v) is 11.4. The van der Waals surface area contributed by atoms with Crippen molar-refractivity contribution in [1.82, 2.24) is 13.9 Å². The summed E-state index contributed by atoms with van der Waals surface area (Å²) in [5.41, 5.74) is 1.78. The first kappa shape index (κ1) is 20.8. The van der Waals surface area contributed by atoms with Gasteiger partial charge in [0.1, 0.15) is 5.82 Å². The predicted molar refractivity (Wildman–Crippen MR) is 115 cm³/mol. The van der Waals surface area contributed by atoms with E-state index in [9.17, 15) is 12.8 Å². The molecule has 2 aromatic carbocycles. The van der Waals surface area contributed by atoms with Crippen LogP contribution < -0.4 is 5.32 Å². The molecule has 1 aromatic heterocycles. The van der Waals surface area contributed by atoms with Gasteiger partial charge in [-0.15, -0.1) is 0 Å². The lowest BCUT2D eigenvalue weighted by Gasteiger charge is -2.20. The largest absolute Gasteiger partial charge is 0.385 e. The van der Waals surface area contributed by atoms with E-state index < -0.39 is 10.0 Å². The van der Waals surface area contributed by atoms with Gasteiger partial charge in [-0.1, -0.05) is 29.8 Å². The molecule has 0 radical (unpaired) electrons. The lowest BCUT2D eigenvalue weighted by molar-refractivity contribution is 0.459. The van der Waals surface area contributed by atoms with Gasteiger partial charge in [-0.3, -0.25) is 0 Å². The highest BCUT2D eigenvalue weighted by Gasteiger charge is 2.40. The molecule has 1 saturated heterocycles. The van der Waals surface area contributed by atoms with Gasteiger partial charge >= 0.3 is 0 Å². The number of benzene rings is 2. The van der Waals surface area contributed by atoms with E-state index in [4.69, 9.17) is 11.6 Å². The van der Waals surface area contributed by atoms with Crippen LogP contribution in [0.1, 0.15) is 11.5 Å². The molecule has 1 N–H and O–H groups in total. The molecule has 0 saturated carbocycles. The summed E-state index contributed by atoms with van der Waals surface area (Å²) in [6, 6.07) is 13.7. The Kier molecular flexibility index (Phi) is 5.81. The van der Waals surface area contributed by atoms with Crippen molar-refractivity contribution in [3.63, 3.8) is 0 Å². The molecule has 1 fully saturated rings. The molecule has 6 nitrogen and oxygen atoms in total. The minimum atomic E-state index is -3.71. The number of hydrogen-bond acceptors (Lipinski definition) is 4. The van der Waals surface area contributed by atoms with Crippen LogP contribution in [-0.4, -0.2) is 41.9 Å². The van der Waals surface area contributed by atoms with Gasteiger partial charge in [0.25, 0.3) is 10.0 Å². The van der Waals surface area contributed by atoms with Crippen molar-refractivity contribution < 1.29 is 12.8 Å². The van der Waals surface area contributed by atoms with Crippen LogP contribution in [0.2, 0.25) is 5.02 Å². The van der Waals surface area contributed by atoms with E-state index in [1.807, 2.05) is 18.2 Å². The van der Waals surface area contributed by atoms with Crippen LogP contribution in [0.3, 0.4) is 0 Å². The number of nitrogens with zero attached hydrogens (tertiary/aromatic N) is 3. The highest BCUT2D eigenvalue weighted by atomic mass is 35.5. The van der Waals surface area contributed by atoms with Crippen LogP contribution in [-0.2, 0) is 17.1 Å². The zero-order valence-corrected chi connectivity index (χ0v) is 17.9. The average Bonchev–Trinajstić information content (AvgIpc) is 3.34. The molecule has 30 heavy (non-hydrogen) atoms. The number of imidazole rings is 1. The fourth-order valence-electron chi connectivity index (χ4n) is 3.82. The van der Waals surface area contributed by atoms with E-state index in [2.05, 4.69) is 10.3 Å². The first-order valence-electron chi connectivity index (χ1n) is 9.56. The van der Waals surface area contributed by atoms with Crippen LogP contribution in [0.25, 0.3) is 0 Å². The Bertz CT molecular complexity index is 1130. The van der Waals surface area contributed by atoms with E-state index in [0.29, 0.717) is 24.7 Å². The maximum atomic E-state index is 13.4. The molecule has 3 aromatic rings. The Labute approximate surface area is 180 Å². The normalized spacial score (nSPS) is 19.8. The van der Waals surface area contributed by atoms with Gasteiger partial charge in [-0.05, 0) is 41.8 Å². The molecule has 2 atom stereocenters. The standard InChI is InChI=1S/C21H22ClFN4O2S/c1-26-13-21(25-14-26)30(28,29)27-11-16(10-24-19-4-2-3-17(22)9-19)20(12-27)15-5-7-18(23)8-6-15/h2-9,13-14,16,20,24H,10-12H2,1H3. The fourth-order valence-corrected chi connectivity index (χ4v) is 5.50. The second-order valence-electron chi connectivity index (χ2n) is 7.51. The predicted octanol–water partition coefficient (Wildman–Crippen LogP) is 3.73. The lowest BCUT2D eigenvalue weighted by atomic mass is 9.89. The Hall–Kier alpha value is -2.42. The quantitative estimate of drug-likeness (QED) is 0.624. The number of hydrogen-bond donors (Lipinski definition) is 1. The molecule has 2 heterocycles. The van der Waals surface area contributed by atoms with Crippen molar-refractivity contribution in [2.45, 2.75) is 10.9 Å². The summed E-state index contributed by atoms with van der Waals surface area (Å²) in [6.45, 7) is 1.21. The fraction of sp³-hybridized carbons (Fsp3) is 0.286. The third-order valence-corrected chi connectivity index (χ3v) is 7.34. The van der Waals surface area contributed by atoms with Gasteiger partial charge in [0, 0.05) is 49.5 Å². The molecule has 0 aliphatic carbocycles. The van der Waals surface area contributed by atoms with Gasteiger partial charge in [-0.2, -0.15) is 4.31 Å². The summed E-state index contributed by atoms with van der Waals surface area (Å²) >= 11 is 6.06. The molecule has 9 heteroatoms. The third-order valence-electron chi connectivity index (χ3n) is 5.38. The number of anilines is 1. The highest BCUT2D eigenvalue weighted by Crippen LogP contribution is 2.36. The van der Waals surface area contributed by atoms with Gasteiger partial charge in [0.05, 0.1) is 6.33 Å². The van der Waals surface area contributed by atoms with Crippen LogP contribution in [0, 0.1) is 11.7 Å². The second-order valence-corrected chi connectivity index (χ2v) is 9.83. The molecule has 158 valence electrons. The Morgan fingerprint density at radius 3 is 2.63 bits per heavy atom. The Morgan fingerprint density at radius 2 is 1.97 bits per heavy atom. The number of nitrogens with one attached hydrogen (secondary N) is 1. The number of aryl methyl sites for hydroxylation is 1. The summed E-state index contributed by atoms with van der Waals surface area (Å²) in [6.07, 6.45) is 2.97. The average molecular weight is 449 g/mol. The first-order chi connectivity index (χ1) is 14.3. The minimum absolute atomic E-state index is 0.00655. The van der Waals surface area contributed by atoms with Crippen molar-refractivity contribution in [3.05, 3.63) is 77.5 Å². The van der Waals surface area contributed by atoms with E-state index in [0.717, 1.165) is 11.3 Å². The molecule has 4 rings (SSSR count). The maximum absolute atomic E-state index is 13.4. The van der Waals surface area contributed by atoms with Gasteiger partial charge in [-0.25, -0.2) is 17.8 Å². The topological polar surface area (TPSA) is 67.2 Å². The summed E-state index contributed by atoms with van der Waals surface area (Å²) < 4.78 is 42.7. The van der Waals surface area contributed by atoms with Crippen molar-refractivity contribution in [2.75, 3.05) is 25.0 Å². The zero-order valence-electron chi connectivity index (χ0n) is 16.4.